The van der Waals surface area contributed by atoms with Crippen molar-refractivity contribution < 1.29 is 14.3 Å². The molecule has 1 rings (SSSR count). The minimum atomic E-state index is -0.349. The Balaban J connectivity index is 2.78. The molecule has 0 bridgehead atoms. The first-order valence-corrected chi connectivity index (χ1v) is 6.73. The van der Waals surface area contributed by atoms with Crippen molar-refractivity contribution in [1.29, 1.82) is 0 Å². The average Bonchev–Trinajstić information content (AvgIpc) is 2.36. The maximum atomic E-state index is 12.0. The van der Waals surface area contributed by atoms with Gasteiger partial charge in [0.15, 0.2) is 0 Å². The van der Waals surface area contributed by atoms with Gasteiger partial charge in [0.1, 0.15) is 0 Å². The lowest BCUT2D eigenvalue weighted by atomic mass is 9.91. The number of amides is 1. The first kappa shape index (κ1) is 16.2. The lowest BCUT2D eigenvalue weighted by Crippen LogP contribution is -2.32. The van der Waals surface area contributed by atoms with Crippen LogP contribution in [0.4, 0.5) is 0 Å². The maximum absolute atomic E-state index is 12.0. The van der Waals surface area contributed by atoms with Gasteiger partial charge in [0, 0.05) is 6.42 Å². The summed E-state index contributed by atoms with van der Waals surface area (Å²) in [5, 5.41) is 2.92. The summed E-state index contributed by atoms with van der Waals surface area (Å²) in [7, 11) is 1.35. The number of benzene rings is 1. The van der Waals surface area contributed by atoms with Crippen LogP contribution in [-0.4, -0.2) is 19.0 Å². The van der Waals surface area contributed by atoms with Gasteiger partial charge in [-0.3, -0.25) is 9.59 Å². The van der Waals surface area contributed by atoms with Crippen LogP contribution in [0, 0.1) is 5.41 Å². The molecule has 4 heteroatoms. The van der Waals surface area contributed by atoms with Gasteiger partial charge in [0.05, 0.1) is 19.6 Å². The highest BCUT2D eigenvalue weighted by atomic mass is 16.5. The van der Waals surface area contributed by atoms with Gasteiger partial charge in [-0.2, -0.15) is 0 Å². The van der Waals surface area contributed by atoms with Crippen LogP contribution in [0.5, 0.6) is 0 Å². The molecule has 0 saturated carbocycles. The third kappa shape index (κ3) is 5.87. The number of carbonyl (C=O) groups is 2. The molecule has 0 aliphatic rings. The van der Waals surface area contributed by atoms with Crippen LogP contribution in [0.15, 0.2) is 30.3 Å². The van der Waals surface area contributed by atoms with Gasteiger partial charge in [-0.1, -0.05) is 51.1 Å². The highest BCUT2D eigenvalue weighted by Crippen LogP contribution is 2.21. The van der Waals surface area contributed by atoms with E-state index in [0.717, 1.165) is 5.56 Å². The summed E-state index contributed by atoms with van der Waals surface area (Å²) in [5.74, 6) is -0.398. The van der Waals surface area contributed by atoms with Crippen molar-refractivity contribution >= 4 is 11.9 Å². The number of esters is 1. The van der Waals surface area contributed by atoms with Gasteiger partial charge in [-0.15, -0.1) is 0 Å². The molecule has 0 aliphatic carbocycles. The number of hydrogen-bond acceptors (Lipinski definition) is 3. The predicted octanol–water partition coefficient (Wildman–Crippen LogP) is 2.84. The Hall–Kier alpha value is -1.84. The fourth-order valence-electron chi connectivity index (χ4n) is 1.91. The van der Waals surface area contributed by atoms with Crippen molar-refractivity contribution in [2.24, 2.45) is 5.41 Å². The van der Waals surface area contributed by atoms with E-state index in [1.807, 2.05) is 51.1 Å². The summed E-state index contributed by atoms with van der Waals surface area (Å²) in [6.45, 7) is 6.01. The molecule has 0 fully saturated rings. The first-order valence-electron chi connectivity index (χ1n) is 6.73. The second-order valence-electron chi connectivity index (χ2n) is 6.05. The van der Waals surface area contributed by atoms with Gasteiger partial charge < -0.3 is 10.1 Å². The van der Waals surface area contributed by atoms with Gasteiger partial charge in [-0.25, -0.2) is 0 Å². The maximum Gasteiger partial charge on any atom is 0.307 e. The Morgan fingerprint density at radius 2 is 1.80 bits per heavy atom. The summed E-state index contributed by atoms with van der Waals surface area (Å²) < 4.78 is 4.69. The molecule has 0 spiro atoms. The zero-order valence-corrected chi connectivity index (χ0v) is 12.6. The second kappa shape index (κ2) is 7.08. The van der Waals surface area contributed by atoms with E-state index in [1.54, 1.807) is 0 Å². The van der Waals surface area contributed by atoms with E-state index in [1.165, 1.54) is 7.11 Å². The van der Waals surface area contributed by atoms with E-state index in [2.05, 4.69) is 5.32 Å². The lowest BCUT2D eigenvalue weighted by molar-refractivity contribution is -0.141. The van der Waals surface area contributed by atoms with Crippen LogP contribution in [-0.2, 0) is 14.3 Å². The van der Waals surface area contributed by atoms with E-state index < -0.39 is 0 Å². The minimum Gasteiger partial charge on any atom is -0.469 e. The zero-order valence-electron chi connectivity index (χ0n) is 12.6. The van der Waals surface area contributed by atoms with Crippen LogP contribution in [0.3, 0.4) is 0 Å². The van der Waals surface area contributed by atoms with E-state index >= 15 is 0 Å². The third-order valence-corrected chi connectivity index (χ3v) is 2.83. The van der Waals surface area contributed by atoms with Crippen LogP contribution >= 0.6 is 0 Å². The second-order valence-corrected chi connectivity index (χ2v) is 6.05. The summed E-state index contributed by atoms with van der Waals surface area (Å²) in [5.41, 5.74) is 0.816. The molecule has 0 aliphatic heterocycles. The number of ether oxygens (including phenoxy) is 1. The molecule has 0 radical (unpaired) electrons. The Bertz CT molecular complexity index is 449. The Labute approximate surface area is 120 Å². The molecule has 4 nitrogen and oxygen atoms in total. The van der Waals surface area contributed by atoms with Crippen LogP contribution in [0.1, 0.15) is 45.2 Å². The summed E-state index contributed by atoms with van der Waals surface area (Å²) in [4.78, 5) is 23.5. The van der Waals surface area contributed by atoms with E-state index in [9.17, 15) is 9.59 Å². The molecule has 1 aromatic carbocycles. The fraction of sp³-hybridized carbons (Fsp3) is 0.500. The van der Waals surface area contributed by atoms with Crippen molar-refractivity contribution in [2.45, 2.75) is 39.7 Å². The van der Waals surface area contributed by atoms with Crippen molar-refractivity contribution in [3.8, 4) is 0 Å². The van der Waals surface area contributed by atoms with E-state index in [0.29, 0.717) is 6.42 Å². The Kier molecular flexibility index (Phi) is 5.74. The Morgan fingerprint density at radius 1 is 1.20 bits per heavy atom. The molecule has 0 unspecified atom stereocenters. The third-order valence-electron chi connectivity index (χ3n) is 2.83. The van der Waals surface area contributed by atoms with Crippen molar-refractivity contribution in [2.75, 3.05) is 7.11 Å². The fourth-order valence-corrected chi connectivity index (χ4v) is 1.91. The molecular formula is C16H23NO3. The summed E-state index contributed by atoms with van der Waals surface area (Å²) >= 11 is 0. The van der Waals surface area contributed by atoms with Crippen molar-refractivity contribution in [3.05, 3.63) is 35.9 Å². The van der Waals surface area contributed by atoms with Crippen molar-refractivity contribution in [1.82, 2.24) is 5.32 Å². The zero-order chi connectivity index (χ0) is 15.2. The number of rotatable bonds is 5. The number of nitrogens with one attached hydrogen (secondary N) is 1. The minimum absolute atomic E-state index is 0.0599. The van der Waals surface area contributed by atoms with Gasteiger partial charge >= 0.3 is 5.97 Å². The Morgan fingerprint density at radius 3 is 2.30 bits per heavy atom. The number of carbonyl (C=O) groups excluding carboxylic acids is 2. The van der Waals surface area contributed by atoms with E-state index in [-0.39, 0.29) is 29.8 Å². The summed E-state index contributed by atoms with van der Waals surface area (Å²) in [6, 6.07) is 9.11. The normalized spacial score (nSPS) is 12.6. The molecule has 1 atom stereocenters. The SMILES string of the molecule is COC(=O)C[C@@H](NC(=O)CC(C)(C)C)c1ccccc1. The highest BCUT2D eigenvalue weighted by Gasteiger charge is 2.22. The first-order chi connectivity index (χ1) is 9.31. The summed E-state index contributed by atoms with van der Waals surface area (Å²) in [6.07, 6.45) is 0.550. The molecule has 1 amide bonds. The van der Waals surface area contributed by atoms with Crippen LogP contribution in [0.25, 0.3) is 0 Å². The highest BCUT2D eigenvalue weighted by molar-refractivity contribution is 5.78. The van der Waals surface area contributed by atoms with Gasteiger partial charge in [0.2, 0.25) is 5.91 Å². The smallest absolute Gasteiger partial charge is 0.307 e. The molecule has 0 aromatic heterocycles. The number of methoxy groups -OCH3 is 1. The van der Waals surface area contributed by atoms with Crippen molar-refractivity contribution in [3.63, 3.8) is 0 Å². The topological polar surface area (TPSA) is 55.4 Å². The average molecular weight is 277 g/mol. The predicted molar refractivity (Wildman–Crippen MR) is 78.0 cm³/mol. The molecule has 110 valence electrons. The number of hydrogen-bond donors (Lipinski definition) is 1. The standard InChI is InChI=1S/C16H23NO3/c1-16(2,3)11-14(18)17-13(10-15(19)20-4)12-8-6-5-7-9-12/h5-9,13H,10-11H2,1-4H3,(H,17,18)/t13-/m1/s1. The molecule has 1 aromatic rings. The molecule has 20 heavy (non-hydrogen) atoms. The largest absolute Gasteiger partial charge is 0.469 e. The van der Waals surface area contributed by atoms with Gasteiger partial charge in [0.25, 0.3) is 0 Å². The molecule has 1 N–H and O–H groups in total. The monoisotopic (exact) mass is 277 g/mol. The molecule has 0 saturated heterocycles. The molecule has 0 heterocycles. The van der Waals surface area contributed by atoms with Crippen LogP contribution in [0.2, 0.25) is 0 Å². The molecular weight excluding hydrogens is 254 g/mol. The van der Waals surface area contributed by atoms with E-state index in [4.69, 9.17) is 4.74 Å². The lowest BCUT2D eigenvalue weighted by Gasteiger charge is -2.22. The quantitative estimate of drug-likeness (QED) is 0.842. The van der Waals surface area contributed by atoms with Gasteiger partial charge in [-0.05, 0) is 11.0 Å². The van der Waals surface area contributed by atoms with Crippen LogP contribution < -0.4 is 5.32 Å².